The lowest BCUT2D eigenvalue weighted by atomic mass is 10.1. The van der Waals surface area contributed by atoms with Crippen molar-refractivity contribution >= 4 is 23.3 Å². The molecule has 0 radical (unpaired) electrons. The molecule has 4 rings (SSSR count). The number of aryl methyl sites for hydroxylation is 1. The molecule has 0 spiro atoms. The van der Waals surface area contributed by atoms with Crippen LogP contribution in [-0.2, 0) is 11.3 Å². The molecule has 1 amide bonds. The molecule has 1 aromatic carbocycles. The summed E-state index contributed by atoms with van der Waals surface area (Å²) in [6, 6.07) is 5.74. The maximum Gasteiger partial charge on any atom is 0.257 e. The molecule has 2 aliphatic rings. The second-order valence-corrected chi connectivity index (χ2v) is 7.80. The Morgan fingerprint density at radius 1 is 1.30 bits per heavy atom. The van der Waals surface area contributed by atoms with Gasteiger partial charge in [0, 0.05) is 55.1 Å². The van der Waals surface area contributed by atoms with E-state index < -0.39 is 11.6 Å². The molecule has 1 aliphatic heterocycles. The molecule has 6 nitrogen and oxygen atoms in total. The SMILES string of the molecule is CC.Cc1ccc(-c2ncc(CNC(=O)C3(F)CC3)c(N3CCNCC3)n2)cc1Cl. The number of halogens is 2. The largest absolute Gasteiger partial charge is 0.354 e. The number of aromatic nitrogens is 2. The van der Waals surface area contributed by atoms with Crippen LogP contribution < -0.4 is 15.5 Å². The van der Waals surface area contributed by atoms with E-state index in [1.54, 1.807) is 6.20 Å². The zero-order chi connectivity index (χ0) is 21.7. The Bertz CT molecular complexity index is 897. The summed E-state index contributed by atoms with van der Waals surface area (Å²) in [5, 5.41) is 6.69. The van der Waals surface area contributed by atoms with Crippen molar-refractivity contribution < 1.29 is 9.18 Å². The Balaban J connectivity index is 0.00000124. The molecule has 30 heavy (non-hydrogen) atoms. The summed E-state index contributed by atoms with van der Waals surface area (Å²) < 4.78 is 13.9. The maximum atomic E-state index is 13.9. The van der Waals surface area contributed by atoms with Gasteiger partial charge < -0.3 is 15.5 Å². The first kappa shape index (κ1) is 22.4. The normalized spacial score (nSPS) is 17.0. The zero-order valence-electron chi connectivity index (χ0n) is 17.8. The van der Waals surface area contributed by atoms with Crippen molar-refractivity contribution in [3.63, 3.8) is 0 Å². The Hall–Kier alpha value is -2.25. The molecule has 1 aliphatic carbocycles. The molecule has 162 valence electrons. The van der Waals surface area contributed by atoms with E-state index in [1.165, 1.54) is 0 Å². The van der Waals surface area contributed by atoms with Crippen molar-refractivity contribution in [2.45, 2.75) is 45.8 Å². The number of rotatable bonds is 5. The summed E-state index contributed by atoms with van der Waals surface area (Å²) >= 11 is 6.26. The summed E-state index contributed by atoms with van der Waals surface area (Å²) in [6.45, 7) is 9.48. The number of hydrogen-bond donors (Lipinski definition) is 2. The van der Waals surface area contributed by atoms with E-state index in [1.807, 2.05) is 39.0 Å². The monoisotopic (exact) mass is 433 g/mol. The number of nitrogens with zero attached hydrogens (tertiary/aromatic N) is 3. The van der Waals surface area contributed by atoms with Gasteiger partial charge in [-0.25, -0.2) is 14.4 Å². The second kappa shape index (κ2) is 9.71. The van der Waals surface area contributed by atoms with Crippen LogP contribution in [0.15, 0.2) is 24.4 Å². The van der Waals surface area contributed by atoms with Gasteiger partial charge in [0.05, 0.1) is 0 Å². The van der Waals surface area contributed by atoms with E-state index in [2.05, 4.69) is 20.5 Å². The average Bonchev–Trinajstić information content (AvgIpc) is 3.54. The molecule has 1 saturated heterocycles. The van der Waals surface area contributed by atoms with E-state index in [4.69, 9.17) is 16.6 Å². The van der Waals surface area contributed by atoms with Crippen LogP contribution in [0.4, 0.5) is 10.2 Å². The Kier molecular flexibility index (Phi) is 7.26. The third kappa shape index (κ3) is 5.08. The van der Waals surface area contributed by atoms with Crippen LogP contribution in [0.1, 0.15) is 37.8 Å². The molecule has 2 fully saturated rings. The number of hydrogen-bond acceptors (Lipinski definition) is 5. The first-order valence-corrected chi connectivity index (χ1v) is 10.9. The van der Waals surface area contributed by atoms with E-state index in [0.29, 0.717) is 23.7 Å². The predicted octanol–water partition coefficient (Wildman–Crippen LogP) is 3.66. The average molecular weight is 434 g/mol. The summed E-state index contributed by atoms with van der Waals surface area (Å²) in [6.07, 6.45) is 2.31. The van der Waals surface area contributed by atoms with Gasteiger partial charge in [-0.05, 0) is 31.4 Å². The van der Waals surface area contributed by atoms with Gasteiger partial charge >= 0.3 is 0 Å². The molecule has 2 aromatic rings. The fourth-order valence-electron chi connectivity index (χ4n) is 3.21. The Morgan fingerprint density at radius 2 is 2.00 bits per heavy atom. The van der Waals surface area contributed by atoms with Crippen molar-refractivity contribution in [2.75, 3.05) is 31.1 Å². The van der Waals surface area contributed by atoms with Gasteiger partial charge in [0.25, 0.3) is 5.91 Å². The fourth-order valence-corrected chi connectivity index (χ4v) is 3.40. The van der Waals surface area contributed by atoms with E-state index in [9.17, 15) is 9.18 Å². The quantitative estimate of drug-likeness (QED) is 0.753. The van der Waals surface area contributed by atoms with Gasteiger partial charge in [-0.3, -0.25) is 4.79 Å². The minimum atomic E-state index is -1.69. The van der Waals surface area contributed by atoms with Crippen LogP contribution in [0.5, 0.6) is 0 Å². The van der Waals surface area contributed by atoms with Crippen molar-refractivity contribution in [2.24, 2.45) is 0 Å². The van der Waals surface area contributed by atoms with Gasteiger partial charge in [-0.15, -0.1) is 0 Å². The van der Waals surface area contributed by atoms with Crippen LogP contribution >= 0.6 is 11.6 Å². The number of anilines is 1. The molecular formula is C22H29ClFN5O. The van der Waals surface area contributed by atoms with Crippen molar-refractivity contribution in [1.82, 2.24) is 20.6 Å². The minimum absolute atomic E-state index is 0.207. The summed E-state index contributed by atoms with van der Waals surface area (Å²) in [4.78, 5) is 23.4. The molecule has 0 unspecified atom stereocenters. The van der Waals surface area contributed by atoms with Gasteiger partial charge in [0.1, 0.15) is 5.82 Å². The van der Waals surface area contributed by atoms with Crippen LogP contribution in [-0.4, -0.2) is 47.7 Å². The fraction of sp³-hybridized carbons (Fsp3) is 0.500. The summed E-state index contributed by atoms with van der Waals surface area (Å²) in [5.74, 6) is 0.801. The lowest BCUT2D eigenvalue weighted by Gasteiger charge is -2.30. The van der Waals surface area contributed by atoms with E-state index >= 15 is 0 Å². The molecule has 1 saturated carbocycles. The molecule has 2 heterocycles. The first-order chi connectivity index (χ1) is 14.5. The molecule has 0 bridgehead atoms. The summed E-state index contributed by atoms with van der Waals surface area (Å²) in [5.41, 5.74) is 0.922. The lowest BCUT2D eigenvalue weighted by Crippen LogP contribution is -2.44. The summed E-state index contributed by atoms with van der Waals surface area (Å²) in [7, 11) is 0. The highest BCUT2D eigenvalue weighted by molar-refractivity contribution is 6.31. The first-order valence-electron chi connectivity index (χ1n) is 10.5. The number of amides is 1. The standard InChI is InChI=1S/C20H23ClFN5O.C2H6/c1-13-2-3-14(10-16(13)21)17-24-11-15(12-25-19(28)20(22)4-5-20)18(26-17)27-8-6-23-7-9-27;1-2/h2-3,10-11,23H,4-9,12H2,1H3,(H,25,28);1-2H3. The van der Waals surface area contributed by atoms with E-state index in [0.717, 1.165) is 48.7 Å². The smallest absolute Gasteiger partial charge is 0.257 e. The molecule has 2 N–H and O–H groups in total. The van der Waals surface area contributed by atoms with Crippen LogP contribution in [0.25, 0.3) is 11.4 Å². The van der Waals surface area contributed by atoms with Crippen LogP contribution in [0.3, 0.4) is 0 Å². The highest BCUT2D eigenvalue weighted by atomic mass is 35.5. The van der Waals surface area contributed by atoms with Gasteiger partial charge in [0.15, 0.2) is 11.5 Å². The number of nitrogens with one attached hydrogen (secondary N) is 2. The highest BCUT2D eigenvalue weighted by Gasteiger charge is 2.50. The number of carbonyl (C=O) groups is 1. The van der Waals surface area contributed by atoms with Gasteiger partial charge in [-0.2, -0.15) is 0 Å². The number of benzene rings is 1. The third-order valence-corrected chi connectivity index (χ3v) is 5.63. The maximum absolute atomic E-state index is 13.9. The van der Waals surface area contributed by atoms with Gasteiger partial charge in [-0.1, -0.05) is 37.6 Å². The second-order valence-electron chi connectivity index (χ2n) is 7.39. The molecule has 8 heteroatoms. The van der Waals surface area contributed by atoms with E-state index in [-0.39, 0.29) is 6.54 Å². The highest BCUT2D eigenvalue weighted by Crippen LogP contribution is 2.39. The Labute approximate surface area is 182 Å². The van der Waals surface area contributed by atoms with Crippen molar-refractivity contribution in [1.29, 1.82) is 0 Å². The van der Waals surface area contributed by atoms with Crippen molar-refractivity contribution in [3.8, 4) is 11.4 Å². The number of carbonyl (C=O) groups excluding carboxylic acids is 1. The Morgan fingerprint density at radius 3 is 2.63 bits per heavy atom. The molecule has 0 atom stereocenters. The number of piperazine rings is 1. The zero-order valence-corrected chi connectivity index (χ0v) is 18.5. The molecular weight excluding hydrogens is 405 g/mol. The van der Waals surface area contributed by atoms with Crippen LogP contribution in [0, 0.1) is 6.92 Å². The predicted molar refractivity (Wildman–Crippen MR) is 119 cm³/mol. The third-order valence-electron chi connectivity index (χ3n) is 5.22. The topological polar surface area (TPSA) is 70.2 Å². The minimum Gasteiger partial charge on any atom is -0.354 e. The van der Waals surface area contributed by atoms with Crippen LogP contribution in [0.2, 0.25) is 5.02 Å². The van der Waals surface area contributed by atoms with Gasteiger partial charge in [0.2, 0.25) is 0 Å². The lowest BCUT2D eigenvalue weighted by molar-refractivity contribution is -0.127. The van der Waals surface area contributed by atoms with Crippen molar-refractivity contribution in [3.05, 3.63) is 40.5 Å². The number of alkyl halides is 1. The molecule has 1 aromatic heterocycles.